The van der Waals surface area contributed by atoms with Crippen LogP contribution in [0.5, 0.6) is 0 Å². The van der Waals surface area contributed by atoms with Crippen LogP contribution in [-0.2, 0) is 9.59 Å². The van der Waals surface area contributed by atoms with E-state index in [0.29, 0.717) is 5.69 Å². The highest BCUT2D eigenvalue weighted by Crippen LogP contribution is 2.22. The molecule has 0 bridgehead atoms. The Hall–Kier alpha value is -2.37. The number of anilines is 1. The maximum atomic E-state index is 11.6. The number of likely N-dealkylation sites (N-methyl/N-ethyl adjacent to an activating group) is 1. The molecule has 1 aromatic rings. The van der Waals surface area contributed by atoms with Crippen LogP contribution in [0.25, 0.3) is 0 Å². The van der Waals surface area contributed by atoms with E-state index >= 15 is 0 Å². The van der Waals surface area contributed by atoms with Gasteiger partial charge in [-0.3, -0.25) is 14.5 Å². The number of hydrogen-bond donors (Lipinski definition) is 1. The molecule has 0 atom stereocenters. The van der Waals surface area contributed by atoms with Gasteiger partial charge in [0, 0.05) is 7.05 Å². The first-order valence-electron chi connectivity index (χ1n) is 5.37. The zero-order chi connectivity index (χ0) is 13.3. The summed E-state index contributed by atoms with van der Waals surface area (Å²) >= 11 is 0. The predicted octanol–water partition coefficient (Wildman–Crippen LogP) is 0.190. The fourth-order valence-corrected chi connectivity index (χ4v) is 1.83. The summed E-state index contributed by atoms with van der Waals surface area (Å²) in [6.45, 7) is 0.0130. The molecule has 1 saturated heterocycles. The van der Waals surface area contributed by atoms with Crippen molar-refractivity contribution in [1.82, 2.24) is 4.90 Å². The molecule has 0 spiro atoms. The van der Waals surface area contributed by atoms with Gasteiger partial charge in [0.15, 0.2) is 0 Å². The molecule has 2 amide bonds. The average molecular weight is 248 g/mol. The summed E-state index contributed by atoms with van der Waals surface area (Å²) in [6, 6.07) is 6.32. The second kappa shape index (κ2) is 4.48. The van der Waals surface area contributed by atoms with E-state index in [4.69, 9.17) is 5.11 Å². The first-order chi connectivity index (χ1) is 8.50. The van der Waals surface area contributed by atoms with E-state index in [2.05, 4.69) is 0 Å². The summed E-state index contributed by atoms with van der Waals surface area (Å²) in [5, 5.41) is 9.07. The lowest BCUT2D eigenvalue weighted by atomic mass is 10.1. The summed E-state index contributed by atoms with van der Waals surface area (Å²) in [5.74, 6) is -1.76. The number of amides is 2. The number of piperazine rings is 1. The van der Waals surface area contributed by atoms with Crippen molar-refractivity contribution in [3.63, 3.8) is 0 Å². The molecule has 1 aliphatic rings. The van der Waals surface area contributed by atoms with E-state index in [9.17, 15) is 14.4 Å². The highest BCUT2D eigenvalue weighted by Gasteiger charge is 2.29. The minimum absolute atomic E-state index is 0.00648. The summed E-state index contributed by atoms with van der Waals surface area (Å²) in [7, 11) is 1.42. The van der Waals surface area contributed by atoms with Crippen LogP contribution in [0.1, 0.15) is 10.4 Å². The summed E-state index contributed by atoms with van der Waals surface area (Å²) in [4.78, 5) is 36.8. The van der Waals surface area contributed by atoms with Gasteiger partial charge in [-0.25, -0.2) is 4.79 Å². The smallest absolute Gasteiger partial charge is 0.337 e. The third-order valence-electron chi connectivity index (χ3n) is 2.88. The van der Waals surface area contributed by atoms with Gasteiger partial charge in [0.25, 0.3) is 0 Å². The van der Waals surface area contributed by atoms with Crippen LogP contribution in [0, 0.1) is 0 Å². The molecule has 1 fully saturated rings. The van der Waals surface area contributed by atoms with Gasteiger partial charge in [0.1, 0.15) is 0 Å². The minimum atomic E-state index is -1.08. The lowest BCUT2D eigenvalue weighted by Gasteiger charge is -2.32. The van der Waals surface area contributed by atoms with Crippen molar-refractivity contribution < 1.29 is 19.5 Å². The van der Waals surface area contributed by atoms with Crippen molar-refractivity contribution in [3.8, 4) is 0 Å². The fourth-order valence-electron chi connectivity index (χ4n) is 1.83. The largest absolute Gasteiger partial charge is 0.478 e. The number of hydrogen-bond acceptors (Lipinski definition) is 4. The van der Waals surface area contributed by atoms with Gasteiger partial charge in [-0.1, -0.05) is 12.1 Å². The number of rotatable bonds is 2. The molecule has 2 rings (SSSR count). The van der Waals surface area contributed by atoms with Crippen LogP contribution >= 0.6 is 0 Å². The van der Waals surface area contributed by atoms with Crippen molar-refractivity contribution in [2.24, 2.45) is 0 Å². The second-order valence-electron chi connectivity index (χ2n) is 4.02. The minimum Gasteiger partial charge on any atom is -0.478 e. The molecule has 1 aromatic carbocycles. The van der Waals surface area contributed by atoms with Crippen LogP contribution < -0.4 is 4.90 Å². The van der Waals surface area contributed by atoms with Crippen LogP contribution in [0.3, 0.4) is 0 Å². The topological polar surface area (TPSA) is 77.9 Å². The lowest BCUT2D eigenvalue weighted by Crippen LogP contribution is -2.52. The maximum absolute atomic E-state index is 11.6. The number of aromatic carboxylic acids is 1. The number of nitrogens with zero attached hydrogens (tertiary/aromatic N) is 2. The van der Waals surface area contributed by atoms with Crippen molar-refractivity contribution in [1.29, 1.82) is 0 Å². The van der Waals surface area contributed by atoms with Crippen LogP contribution in [0.15, 0.2) is 24.3 Å². The molecule has 0 unspecified atom stereocenters. The van der Waals surface area contributed by atoms with E-state index in [1.54, 1.807) is 18.2 Å². The Bertz CT molecular complexity index is 509. The maximum Gasteiger partial charge on any atom is 0.337 e. The normalized spacial score (nSPS) is 16.1. The highest BCUT2D eigenvalue weighted by molar-refractivity contribution is 6.04. The van der Waals surface area contributed by atoms with E-state index in [1.807, 2.05) is 0 Å². The Balaban J connectivity index is 2.35. The number of benzene rings is 1. The molecule has 0 aliphatic carbocycles. The van der Waals surface area contributed by atoms with Gasteiger partial charge >= 0.3 is 5.97 Å². The first-order valence-corrected chi connectivity index (χ1v) is 5.37. The molecule has 1 aliphatic heterocycles. The average Bonchev–Trinajstić information content (AvgIpc) is 2.35. The zero-order valence-electron chi connectivity index (χ0n) is 9.79. The van der Waals surface area contributed by atoms with Crippen LogP contribution in [0.4, 0.5) is 5.69 Å². The molecule has 18 heavy (non-hydrogen) atoms. The number of carbonyl (C=O) groups is 3. The number of carboxylic acid groups (broad SMARTS) is 1. The van der Waals surface area contributed by atoms with Crippen LogP contribution in [-0.4, -0.2) is 47.9 Å². The molecule has 1 heterocycles. The summed E-state index contributed by atoms with van der Waals surface area (Å²) < 4.78 is 0. The van der Waals surface area contributed by atoms with Gasteiger partial charge in [0.2, 0.25) is 11.8 Å². The number of carboxylic acids is 1. The van der Waals surface area contributed by atoms with E-state index in [1.165, 1.54) is 18.0 Å². The molecular weight excluding hydrogens is 236 g/mol. The Labute approximate surface area is 103 Å². The van der Waals surface area contributed by atoms with Gasteiger partial charge < -0.3 is 10.0 Å². The molecule has 0 radical (unpaired) electrons. The Morgan fingerprint density at radius 3 is 2.28 bits per heavy atom. The SMILES string of the molecule is CN1C(=O)CN(c2ccccc2C(=O)O)CC1=O. The molecule has 0 aromatic heterocycles. The Morgan fingerprint density at radius 1 is 1.17 bits per heavy atom. The quantitative estimate of drug-likeness (QED) is 0.756. The standard InChI is InChI=1S/C12H12N2O4/c1-13-10(15)6-14(7-11(13)16)9-5-3-2-4-8(9)12(17)18/h2-5H,6-7H2,1H3,(H,17,18). The molecule has 6 nitrogen and oxygen atoms in total. The molecule has 0 saturated carbocycles. The number of carbonyl (C=O) groups excluding carboxylic acids is 2. The van der Waals surface area contributed by atoms with Crippen molar-refractivity contribution >= 4 is 23.5 Å². The highest BCUT2D eigenvalue weighted by atomic mass is 16.4. The Morgan fingerprint density at radius 2 is 1.72 bits per heavy atom. The zero-order valence-corrected chi connectivity index (χ0v) is 9.79. The monoisotopic (exact) mass is 248 g/mol. The predicted molar refractivity (Wildman–Crippen MR) is 63.4 cm³/mol. The van der Waals surface area contributed by atoms with Gasteiger partial charge in [-0.15, -0.1) is 0 Å². The molecular formula is C12H12N2O4. The Kier molecular flexibility index (Phi) is 3.01. The van der Waals surface area contributed by atoms with Crippen molar-refractivity contribution in [2.75, 3.05) is 25.0 Å². The van der Waals surface area contributed by atoms with Crippen molar-refractivity contribution in [2.45, 2.75) is 0 Å². The number of para-hydroxylation sites is 1. The first kappa shape index (κ1) is 12.1. The molecule has 94 valence electrons. The third kappa shape index (κ3) is 2.04. The number of imide groups is 1. The lowest BCUT2D eigenvalue weighted by molar-refractivity contribution is -0.143. The van der Waals surface area contributed by atoms with Gasteiger partial charge in [-0.05, 0) is 12.1 Å². The third-order valence-corrected chi connectivity index (χ3v) is 2.88. The second-order valence-corrected chi connectivity index (χ2v) is 4.02. The van der Waals surface area contributed by atoms with Crippen molar-refractivity contribution in [3.05, 3.63) is 29.8 Å². The molecule has 6 heteroatoms. The summed E-state index contributed by atoms with van der Waals surface area (Å²) in [6.07, 6.45) is 0. The molecule has 1 N–H and O–H groups in total. The van der Waals surface area contributed by atoms with E-state index in [-0.39, 0.29) is 30.5 Å². The van der Waals surface area contributed by atoms with Gasteiger partial charge in [-0.2, -0.15) is 0 Å². The van der Waals surface area contributed by atoms with Crippen LogP contribution in [0.2, 0.25) is 0 Å². The van der Waals surface area contributed by atoms with E-state index in [0.717, 1.165) is 4.90 Å². The van der Waals surface area contributed by atoms with E-state index < -0.39 is 5.97 Å². The fraction of sp³-hybridized carbons (Fsp3) is 0.250. The summed E-state index contributed by atoms with van der Waals surface area (Å²) in [5.41, 5.74) is 0.474. The van der Waals surface area contributed by atoms with Gasteiger partial charge in [0.05, 0.1) is 24.3 Å².